The number of nitrogens with two attached hydrogens (primary N) is 1. The molecule has 1 rings (SSSR count). The van der Waals surface area contributed by atoms with Crippen LogP contribution in [0, 0.1) is 0 Å². The Morgan fingerprint density at radius 1 is 1.47 bits per heavy atom. The van der Waals surface area contributed by atoms with Crippen molar-refractivity contribution in [3.05, 3.63) is 23.9 Å². The maximum absolute atomic E-state index is 11.1. The third-order valence-corrected chi connectivity index (χ3v) is 3.01. The van der Waals surface area contributed by atoms with Crippen LogP contribution in [0.4, 0.5) is 0 Å². The maximum atomic E-state index is 11.1. The van der Waals surface area contributed by atoms with Gasteiger partial charge in [0, 0.05) is 18.5 Å². The number of hydrogen-bond donors (Lipinski definition) is 1. The fourth-order valence-electron chi connectivity index (χ4n) is 1.07. The monoisotopic (exact) mass is 250 g/mol. The molecule has 0 aliphatic heterocycles. The first-order valence-electron chi connectivity index (χ1n) is 4.36. The van der Waals surface area contributed by atoms with E-state index < -0.39 is 9.84 Å². The molecule has 15 heavy (non-hydrogen) atoms. The second kappa shape index (κ2) is 5.44. The molecule has 1 aromatic rings. The van der Waals surface area contributed by atoms with E-state index in [0.717, 1.165) is 18.2 Å². The number of nitrogens with zero attached hydrogens (tertiary/aromatic N) is 1. The van der Waals surface area contributed by atoms with Crippen molar-refractivity contribution in [1.82, 2.24) is 4.98 Å². The van der Waals surface area contributed by atoms with Gasteiger partial charge in [0.05, 0.1) is 0 Å². The highest BCUT2D eigenvalue weighted by molar-refractivity contribution is 7.90. The summed E-state index contributed by atoms with van der Waals surface area (Å²) in [6.07, 6.45) is 3.46. The van der Waals surface area contributed by atoms with Crippen LogP contribution in [0.15, 0.2) is 23.4 Å². The Hall–Kier alpha value is -0.650. The lowest BCUT2D eigenvalue weighted by Crippen LogP contribution is -2.10. The van der Waals surface area contributed by atoms with Crippen molar-refractivity contribution in [2.24, 2.45) is 5.73 Å². The van der Waals surface area contributed by atoms with E-state index in [9.17, 15) is 8.42 Å². The lowest BCUT2D eigenvalue weighted by molar-refractivity contribution is 0.597. The first-order chi connectivity index (χ1) is 6.45. The molecular formula is C9H15ClN2O2S. The van der Waals surface area contributed by atoms with Crippen molar-refractivity contribution in [2.45, 2.75) is 24.4 Å². The van der Waals surface area contributed by atoms with Crippen LogP contribution >= 0.6 is 12.4 Å². The van der Waals surface area contributed by atoms with Gasteiger partial charge in [-0.2, -0.15) is 0 Å². The highest BCUT2D eigenvalue weighted by Gasteiger charge is 2.09. The molecular weight excluding hydrogens is 236 g/mol. The van der Waals surface area contributed by atoms with Crippen LogP contribution in [-0.2, 0) is 9.84 Å². The molecule has 6 heteroatoms. The minimum absolute atomic E-state index is 0. The average Bonchev–Trinajstić information content (AvgIpc) is 2.15. The molecule has 4 nitrogen and oxygen atoms in total. The largest absolute Gasteiger partial charge is 0.324 e. The number of sulfone groups is 1. The molecule has 0 bridgehead atoms. The lowest BCUT2D eigenvalue weighted by atomic mass is 10.1. The van der Waals surface area contributed by atoms with Crippen LogP contribution in [0.25, 0.3) is 0 Å². The van der Waals surface area contributed by atoms with Gasteiger partial charge in [-0.25, -0.2) is 13.4 Å². The van der Waals surface area contributed by atoms with Crippen LogP contribution < -0.4 is 5.73 Å². The van der Waals surface area contributed by atoms with Crippen LogP contribution in [0.5, 0.6) is 0 Å². The van der Waals surface area contributed by atoms with Crippen molar-refractivity contribution >= 4 is 22.2 Å². The van der Waals surface area contributed by atoms with Gasteiger partial charge in [0.25, 0.3) is 0 Å². The summed E-state index contributed by atoms with van der Waals surface area (Å²) in [5.74, 6) is 0. The molecule has 0 amide bonds. The van der Waals surface area contributed by atoms with Gasteiger partial charge in [-0.3, -0.25) is 0 Å². The Labute approximate surface area is 96.2 Å². The van der Waals surface area contributed by atoms with E-state index in [1.807, 2.05) is 6.92 Å². The SMILES string of the molecule is CC[C@H](N)c1ccc(S(C)(=O)=O)nc1.Cl. The van der Waals surface area contributed by atoms with Gasteiger partial charge in [0.15, 0.2) is 14.9 Å². The summed E-state index contributed by atoms with van der Waals surface area (Å²) in [6, 6.07) is 3.12. The highest BCUT2D eigenvalue weighted by atomic mass is 35.5. The minimum atomic E-state index is -3.20. The summed E-state index contributed by atoms with van der Waals surface area (Å²) in [6.45, 7) is 1.97. The lowest BCUT2D eigenvalue weighted by Gasteiger charge is -2.08. The predicted molar refractivity (Wildman–Crippen MR) is 61.8 cm³/mol. The zero-order valence-corrected chi connectivity index (χ0v) is 10.3. The number of hydrogen-bond acceptors (Lipinski definition) is 4. The Kier molecular flexibility index (Phi) is 5.20. The molecule has 1 aromatic heterocycles. The van der Waals surface area contributed by atoms with E-state index in [4.69, 9.17) is 5.73 Å². The van der Waals surface area contributed by atoms with Crippen LogP contribution in [0.2, 0.25) is 0 Å². The number of halogens is 1. The van der Waals surface area contributed by atoms with Crippen molar-refractivity contribution in [2.75, 3.05) is 6.26 Å². The summed E-state index contributed by atoms with van der Waals surface area (Å²) < 4.78 is 22.2. The first-order valence-corrected chi connectivity index (χ1v) is 6.26. The first kappa shape index (κ1) is 14.3. The van der Waals surface area contributed by atoms with Crippen molar-refractivity contribution in [1.29, 1.82) is 0 Å². The molecule has 86 valence electrons. The summed E-state index contributed by atoms with van der Waals surface area (Å²) in [7, 11) is -3.20. The summed E-state index contributed by atoms with van der Waals surface area (Å²) in [5.41, 5.74) is 6.62. The number of rotatable bonds is 3. The molecule has 0 fully saturated rings. The quantitative estimate of drug-likeness (QED) is 0.878. The molecule has 0 spiro atoms. The summed E-state index contributed by atoms with van der Waals surface area (Å²) >= 11 is 0. The van der Waals surface area contributed by atoms with Gasteiger partial charge in [0.1, 0.15) is 0 Å². The molecule has 0 radical (unpaired) electrons. The third-order valence-electron chi connectivity index (χ3n) is 2.01. The van der Waals surface area contributed by atoms with Gasteiger partial charge < -0.3 is 5.73 Å². The van der Waals surface area contributed by atoms with E-state index >= 15 is 0 Å². The van der Waals surface area contributed by atoms with Crippen LogP contribution in [0.3, 0.4) is 0 Å². The average molecular weight is 251 g/mol. The smallest absolute Gasteiger partial charge is 0.192 e. The maximum Gasteiger partial charge on any atom is 0.192 e. The van der Waals surface area contributed by atoms with Crippen LogP contribution in [-0.4, -0.2) is 19.7 Å². The van der Waals surface area contributed by atoms with Crippen molar-refractivity contribution < 1.29 is 8.42 Å². The second-order valence-electron chi connectivity index (χ2n) is 3.22. The number of pyridine rings is 1. The van der Waals surface area contributed by atoms with E-state index in [1.165, 1.54) is 12.3 Å². The van der Waals surface area contributed by atoms with Crippen molar-refractivity contribution in [3.63, 3.8) is 0 Å². The molecule has 0 aliphatic carbocycles. The van der Waals surface area contributed by atoms with Gasteiger partial charge in [-0.15, -0.1) is 12.4 Å². The third kappa shape index (κ3) is 3.77. The fraction of sp³-hybridized carbons (Fsp3) is 0.444. The predicted octanol–water partition coefficient (Wildman–Crippen LogP) is 1.32. The molecule has 0 unspecified atom stereocenters. The molecule has 0 saturated heterocycles. The molecule has 0 aliphatic rings. The Morgan fingerprint density at radius 2 is 2.07 bits per heavy atom. The topological polar surface area (TPSA) is 73.1 Å². The second-order valence-corrected chi connectivity index (χ2v) is 5.18. The Bertz CT molecular complexity index is 403. The standard InChI is InChI=1S/C9H14N2O2S.ClH/c1-3-8(10)7-4-5-9(11-6-7)14(2,12)13;/h4-6,8H,3,10H2,1-2H3;1H/t8-;/m0./s1. The fourth-order valence-corrected chi connectivity index (χ4v) is 1.63. The number of aromatic nitrogens is 1. The molecule has 0 saturated carbocycles. The van der Waals surface area contributed by atoms with Gasteiger partial charge >= 0.3 is 0 Å². The zero-order chi connectivity index (χ0) is 10.8. The van der Waals surface area contributed by atoms with E-state index in [0.29, 0.717) is 0 Å². The molecule has 0 aromatic carbocycles. The molecule has 1 atom stereocenters. The van der Waals surface area contributed by atoms with E-state index in [2.05, 4.69) is 4.98 Å². The molecule has 2 N–H and O–H groups in total. The highest BCUT2D eigenvalue weighted by Crippen LogP contribution is 2.14. The van der Waals surface area contributed by atoms with E-state index in [1.54, 1.807) is 6.07 Å². The van der Waals surface area contributed by atoms with E-state index in [-0.39, 0.29) is 23.5 Å². The Morgan fingerprint density at radius 3 is 2.40 bits per heavy atom. The van der Waals surface area contributed by atoms with Gasteiger partial charge in [-0.1, -0.05) is 13.0 Å². The van der Waals surface area contributed by atoms with Gasteiger partial charge in [-0.05, 0) is 18.1 Å². The van der Waals surface area contributed by atoms with Crippen molar-refractivity contribution in [3.8, 4) is 0 Å². The summed E-state index contributed by atoms with van der Waals surface area (Å²) in [5, 5.41) is 0.0875. The summed E-state index contributed by atoms with van der Waals surface area (Å²) in [4.78, 5) is 3.85. The van der Waals surface area contributed by atoms with Crippen LogP contribution in [0.1, 0.15) is 24.9 Å². The zero-order valence-electron chi connectivity index (χ0n) is 8.67. The van der Waals surface area contributed by atoms with Gasteiger partial charge in [0.2, 0.25) is 0 Å². The normalized spacial score (nSPS) is 13.0. The Balaban J connectivity index is 0.00000196. The molecule has 1 heterocycles. The minimum Gasteiger partial charge on any atom is -0.324 e.